The lowest BCUT2D eigenvalue weighted by Crippen LogP contribution is -2.31. The number of hydrogen-bond acceptors (Lipinski definition) is 9. The van der Waals surface area contributed by atoms with E-state index in [1.54, 1.807) is 12.1 Å². The quantitative estimate of drug-likeness (QED) is 0.130. The molecule has 1 aliphatic rings. The second kappa shape index (κ2) is 14.6. The van der Waals surface area contributed by atoms with Crippen molar-refractivity contribution in [2.45, 2.75) is 45.6 Å². The largest absolute Gasteiger partial charge is 0.491 e. The summed E-state index contributed by atoms with van der Waals surface area (Å²) in [5, 5.41) is 13.4. The van der Waals surface area contributed by atoms with Gasteiger partial charge in [0.2, 0.25) is 12.2 Å². The molecule has 224 valence electrons. The number of rotatable bonds is 11. The van der Waals surface area contributed by atoms with Gasteiger partial charge in [-0.15, -0.1) is 0 Å². The van der Waals surface area contributed by atoms with Crippen LogP contribution in [-0.2, 0) is 35.2 Å². The molecule has 3 N–H and O–H groups in total. The van der Waals surface area contributed by atoms with Crippen molar-refractivity contribution in [1.29, 1.82) is 5.41 Å². The average molecular weight is 588 g/mol. The molecular weight excluding hydrogens is 554 g/mol. The Kier molecular flexibility index (Phi) is 10.5. The van der Waals surface area contributed by atoms with E-state index in [4.69, 9.17) is 24.4 Å². The van der Waals surface area contributed by atoms with Gasteiger partial charge in [0, 0.05) is 19.4 Å². The van der Waals surface area contributed by atoms with E-state index >= 15 is 0 Å². The minimum Gasteiger partial charge on any atom is -0.491 e. The lowest BCUT2D eigenvalue weighted by molar-refractivity contribution is -0.183. The van der Waals surface area contributed by atoms with Crippen molar-refractivity contribution >= 4 is 29.8 Å². The molecular formula is C32H33N3O8. The molecule has 3 atom stereocenters. The SMILES string of the molecule is CC(=O)OC(C)OC(=O)C[C@@H]1C[C@@H](COc2ccc(-c3ccc(C(=N)NC(=O)OCc4ccccc4)cc3)cc2)NC1=O. The Bertz CT molecular complexity index is 1440. The van der Waals surface area contributed by atoms with E-state index in [9.17, 15) is 19.2 Å². The highest BCUT2D eigenvalue weighted by atomic mass is 16.7. The fraction of sp³-hybridized carbons (Fsp3) is 0.281. The number of hydrogen-bond donors (Lipinski definition) is 3. The third kappa shape index (κ3) is 9.42. The highest BCUT2D eigenvalue weighted by molar-refractivity contribution is 6.04. The molecule has 3 aromatic rings. The maximum Gasteiger partial charge on any atom is 0.413 e. The van der Waals surface area contributed by atoms with Gasteiger partial charge in [-0.2, -0.15) is 0 Å². The zero-order chi connectivity index (χ0) is 30.8. The molecule has 2 amide bonds. The summed E-state index contributed by atoms with van der Waals surface area (Å²) in [6, 6.07) is 23.6. The van der Waals surface area contributed by atoms with Crippen molar-refractivity contribution in [1.82, 2.24) is 10.6 Å². The van der Waals surface area contributed by atoms with Gasteiger partial charge in [-0.1, -0.05) is 66.7 Å². The fourth-order valence-electron chi connectivity index (χ4n) is 4.51. The van der Waals surface area contributed by atoms with Crippen LogP contribution in [0.1, 0.15) is 37.8 Å². The van der Waals surface area contributed by atoms with E-state index in [0.717, 1.165) is 16.7 Å². The van der Waals surface area contributed by atoms with Gasteiger partial charge < -0.3 is 24.3 Å². The fourth-order valence-corrected chi connectivity index (χ4v) is 4.51. The molecule has 11 heteroatoms. The summed E-state index contributed by atoms with van der Waals surface area (Å²) in [4.78, 5) is 47.4. The van der Waals surface area contributed by atoms with Crippen molar-refractivity contribution in [3.63, 3.8) is 0 Å². The molecule has 0 spiro atoms. The van der Waals surface area contributed by atoms with E-state index in [0.29, 0.717) is 17.7 Å². The van der Waals surface area contributed by atoms with Crippen molar-refractivity contribution < 1.29 is 38.1 Å². The lowest BCUT2D eigenvalue weighted by atomic mass is 10.0. The number of esters is 2. The Hall–Kier alpha value is -5.19. The molecule has 0 saturated carbocycles. The number of alkyl carbamates (subject to hydrolysis) is 1. The Morgan fingerprint density at radius 1 is 0.953 bits per heavy atom. The smallest absolute Gasteiger partial charge is 0.413 e. The molecule has 1 heterocycles. The molecule has 1 saturated heterocycles. The number of carbonyl (C=O) groups excluding carboxylic acids is 4. The zero-order valence-corrected chi connectivity index (χ0v) is 23.8. The molecule has 0 aliphatic carbocycles. The van der Waals surface area contributed by atoms with Crippen LogP contribution in [0.25, 0.3) is 11.1 Å². The van der Waals surface area contributed by atoms with Gasteiger partial charge in [0.15, 0.2) is 0 Å². The standard InChI is InChI=1S/C32H33N3O8/c1-20(36)42-21(2)43-29(37)17-26-16-27(34-31(26)38)19-40-28-14-12-24(13-15-28)23-8-10-25(11-9-23)30(33)35-32(39)41-18-22-6-4-3-5-7-22/h3-15,21,26-27H,16-19H2,1-2H3,(H,34,38)(H2,33,35,39)/t21?,26-,27-/m0/s1. The van der Waals surface area contributed by atoms with Gasteiger partial charge in [-0.3, -0.25) is 25.1 Å². The maximum atomic E-state index is 12.3. The van der Waals surface area contributed by atoms with Crippen molar-refractivity contribution in [2.24, 2.45) is 5.92 Å². The van der Waals surface area contributed by atoms with E-state index in [1.165, 1.54) is 13.8 Å². The van der Waals surface area contributed by atoms with E-state index < -0.39 is 30.2 Å². The number of benzene rings is 3. The summed E-state index contributed by atoms with van der Waals surface area (Å²) in [5.41, 5.74) is 3.23. The number of ether oxygens (including phenoxy) is 4. The van der Waals surface area contributed by atoms with Gasteiger partial charge >= 0.3 is 18.0 Å². The molecule has 1 aliphatic heterocycles. The minimum atomic E-state index is -1.01. The van der Waals surface area contributed by atoms with E-state index in [-0.39, 0.29) is 37.4 Å². The third-order valence-corrected chi connectivity index (χ3v) is 6.58. The molecule has 4 rings (SSSR count). The Morgan fingerprint density at radius 2 is 1.60 bits per heavy atom. The van der Waals surface area contributed by atoms with Crippen LogP contribution >= 0.6 is 0 Å². The minimum absolute atomic E-state index is 0.0666. The molecule has 1 fully saturated rings. The second-order valence-corrected chi connectivity index (χ2v) is 9.98. The van der Waals surface area contributed by atoms with Gasteiger partial charge in [0.25, 0.3) is 0 Å². The van der Waals surface area contributed by atoms with Crippen LogP contribution in [0.4, 0.5) is 4.79 Å². The molecule has 3 aromatic carbocycles. The van der Waals surface area contributed by atoms with E-state index in [2.05, 4.69) is 10.6 Å². The van der Waals surface area contributed by atoms with Crippen LogP contribution in [0.2, 0.25) is 0 Å². The first-order valence-electron chi connectivity index (χ1n) is 13.7. The lowest BCUT2D eigenvalue weighted by Gasteiger charge is -2.14. The highest BCUT2D eigenvalue weighted by Gasteiger charge is 2.34. The maximum absolute atomic E-state index is 12.3. The predicted octanol–water partition coefficient (Wildman–Crippen LogP) is 4.33. The summed E-state index contributed by atoms with van der Waals surface area (Å²) in [6.45, 7) is 3.00. The first-order valence-corrected chi connectivity index (χ1v) is 13.7. The molecule has 43 heavy (non-hydrogen) atoms. The number of nitrogens with one attached hydrogen (secondary N) is 3. The van der Waals surface area contributed by atoms with Gasteiger partial charge in [-0.25, -0.2) is 4.79 Å². The second-order valence-electron chi connectivity index (χ2n) is 9.98. The van der Waals surface area contributed by atoms with Crippen LogP contribution in [0.3, 0.4) is 0 Å². The predicted molar refractivity (Wildman–Crippen MR) is 156 cm³/mol. The van der Waals surface area contributed by atoms with Crippen LogP contribution in [0.5, 0.6) is 5.75 Å². The Morgan fingerprint density at radius 3 is 2.26 bits per heavy atom. The number of amides is 2. The summed E-state index contributed by atoms with van der Waals surface area (Å²) < 4.78 is 20.8. The van der Waals surface area contributed by atoms with Crippen molar-refractivity contribution in [3.8, 4) is 16.9 Å². The van der Waals surface area contributed by atoms with Crippen molar-refractivity contribution in [2.75, 3.05) is 6.61 Å². The normalized spacial score (nSPS) is 16.4. The Balaban J connectivity index is 1.21. The third-order valence-electron chi connectivity index (χ3n) is 6.58. The molecule has 0 bridgehead atoms. The first-order chi connectivity index (χ1) is 20.7. The monoisotopic (exact) mass is 587 g/mol. The van der Waals surface area contributed by atoms with Crippen LogP contribution in [-0.4, -0.2) is 48.7 Å². The summed E-state index contributed by atoms with van der Waals surface area (Å²) in [6.07, 6.45) is -1.42. The van der Waals surface area contributed by atoms with Crippen LogP contribution in [0, 0.1) is 11.3 Å². The zero-order valence-electron chi connectivity index (χ0n) is 23.8. The molecule has 1 unspecified atom stereocenters. The summed E-state index contributed by atoms with van der Waals surface area (Å²) in [7, 11) is 0. The first kappa shape index (κ1) is 30.8. The van der Waals surface area contributed by atoms with Gasteiger partial charge in [-0.05, 0) is 35.2 Å². The van der Waals surface area contributed by atoms with Gasteiger partial charge in [0.05, 0.1) is 18.4 Å². The van der Waals surface area contributed by atoms with E-state index in [1.807, 2.05) is 66.7 Å². The molecule has 0 radical (unpaired) electrons. The molecule has 11 nitrogen and oxygen atoms in total. The van der Waals surface area contributed by atoms with Crippen LogP contribution in [0.15, 0.2) is 78.9 Å². The summed E-state index contributed by atoms with van der Waals surface area (Å²) >= 11 is 0. The highest BCUT2D eigenvalue weighted by Crippen LogP contribution is 2.25. The van der Waals surface area contributed by atoms with Crippen molar-refractivity contribution in [3.05, 3.63) is 90.0 Å². The molecule has 0 aromatic heterocycles. The van der Waals surface area contributed by atoms with Crippen LogP contribution < -0.4 is 15.4 Å². The Labute approximate surface area is 249 Å². The topological polar surface area (TPSA) is 153 Å². The number of amidine groups is 1. The summed E-state index contributed by atoms with van der Waals surface area (Å²) in [5.74, 6) is -1.43. The average Bonchev–Trinajstić information content (AvgIpc) is 3.33. The van der Waals surface area contributed by atoms with Gasteiger partial charge in [0.1, 0.15) is 24.8 Å². The number of carbonyl (C=O) groups is 4.